The Morgan fingerprint density at radius 2 is 0.936 bits per heavy atom. The van der Waals surface area contributed by atoms with Gasteiger partial charge in [0.2, 0.25) is 0 Å². The molecule has 0 amide bonds. The largest absolute Gasteiger partial charge is 0.309 e. The van der Waals surface area contributed by atoms with Crippen LogP contribution >= 0.6 is 0 Å². The van der Waals surface area contributed by atoms with Crippen molar-refractivity contribution < 1.29 is 0 Å². The lowest BCUT2D eigenvalue weighted by atomic mass is 10.1. The fourth-order valence-corrected chi connectivity index (χ4v) is 10.4. The smallest absolute Gasteiger partial charge is 0.154 e. The van der Waals surface area contributed by atoms with Crippen molar-refractivity contribution in [1.29, 1.82) is 0 Å². The Morgan fingerprint density at radius 1 is 0.362 bits per heavy atom. The van der Waals surface area contributed by atoms with E-state index in [0.717, 1.165) is 0 Å². The molecule has 0 atom stereocenters. The van der Waals surface area contributed by atoms with Crippen molar-refractivity contribution >= 4 is 84.3 Å². The van der Waals surface area contributed by atoms with Crippen molar-refractivity contribution in [2.45, 2.75) is 0 Å². The summed E-state index contributed by atoms with van der Waals surface area (Å²) in [4.78, 5) is 0. The van der Waals surface area contributed by atoms with E-state index in [2.05, 4.69) is 185 Å². The highest BCUT2D eigenvalue weighted by Gasteiger charge is 2.22. The molecule has 0 aliphatic carbocycles. The number of hydrogen-bond acceptors (Lipinski definition) is 0. The normalized spacial score (nSPS) is 12.0. The SMILES string of the molecule is c1ccc([Si](c2ccccc2)c2cccc(-n3c4ccccc4c4c3ccc3cc5c6ccccc6c6ccccc6n5c34)c2)cc1. The molecule has 0 bridgehead atoms. The Labute approximate surface area is 274 Å². The first-order chi connectivity index (χ1) is 23.3. The monoisotopic (exact) mass is 613 g/mol. The first kappa shape index (κ1) is 26.3. The van der Waals surface area contributed by atoms with E-state index in [1.807, 2.05) is 0 Å². The Balaban J connectivity index is 1.30. The molecule has 0 aliphatic rings. The molecule has 0 spiro atoms. The fourth-order valence-electron chi connectivity index (χ4n) is 7.82. The summed E-state index contributed by atoms with van der Waals surface area (Å²) < 4.78 is 4.99. The third-order valence-electron chi connectivity index (χ3n) is 9.76. The second-order valence-corrected chi connectivity index (χ2v) is 14.8. The predicted molar refractivity (Wildman–Crippen MR) is 202 cm³/mol. The number of hydrogen-bond donors (Lipinski definition) is 0. The lowest BCUT2D eigenvalue weighted by molar-refractivity contribution is 1.18. The van der Waals surface area contributed by atoms with Gasteiger partial charge < -0.3 is 8.97 Å². The summed E-state index contributed by atoms with van der Waals surface area (Å²) >= 11 is 0. The van der Waals surface area contributed by atoms with E-state index in [1.165, 1.54) is 81.1 Å². The first-order valence-corrected chi connectivity index (χ1v) is 17.7. The average molecular weight is 614 g/mol. The number of fused-ring (bicyclic) bond motifs is 12. The Hall–Kier alpha value is -5.90. The second kappa shape index (κ2) is 10.3. The Morgan fingerprint density at radius 3 is 1.66 bits per heavy atom. The van der Waals surface area contributed by atoms with Gasteiger partial charge in [-0.3, -0.25) is 0 Å². The van der Waals surface area contributed by atoms with Crippen LogP contribution in [0.4, 0.5) is 0 Å². The number of para-hydroxylation sites is 2. The molecule has 10 aromatic rings. The summed E-state index contributed by atoms with van der Waals surface area (Å²) in [6.07, 6.45) is 0. The number of nitrogens with zero attached hydrogens (tertiary/aromatic N) is 2. The molecule has 3 aromatic heterocycles. The zero-order chi connectivity index (χ0) is 30.9. The van der Waals surface area contributed by atoms with Crippen LogP contribution in [-0.4, -0.2) is 17.8 Å². The summed E-state index contributed by atoms with van der Waals surface area (Å²) in [5.41, 5.74) is 7.39. The summed E-state index contributed by atoms with van der Waals surface area (Å²) in [5, 5.41) is 11.8. The van der Waals surface area contributed by atoms with Crippen molar-refractivity contribution in [1.82, 2.24) is 8.97 Å². The number of pyridine rings is 1. The third kappa shape index (κ3) is 3.90. The molecule has 47 heavy (non-hydrogen) atoms. The van der Waals surface area contributed by atoms with Gasteiger partial charge in [0.25, 0.3) is 0 Å². The minimum absolute atomic E-state index is 1.19. The number of rotatable bonds is 4. The zero-order valence-corrected chi connectivity index (χ0v) is 26.6. The molecule has 0 N–H and O–H groups in total. The van der Waals surface area contributed by atoms with Gasteiger partial charge in [0, 0.05) is 32.6 Å². The lowest BCUT2D eigenvalue weighted by Gasteiger charge is -2.18. The number of aromatic nitrogens is 2. The van der Waals surface area contributed by atoms with Gasteiger partial charge in [-0.05, 0) is 47.0 Å². The van der Waals surface area contributed by atoms with Crippen molar-refractivity contribution in [3.8, 4) is 5.69 Å². The third-order valence-corrected chi connectivity index (χ3v) is 12.5. The maximum absolute atomic E-state index is 2.51. The van der Waals surface area contributed by atoms with Crippen molar-refractivity contribution in [2.75, 3.05) is 0 Å². The predicted octanol–water partition coefficient (Wildman–Crippen LogP) is 9.01. The highest BCUT2D eigenvalue weighted by Crippen LogP contribution is 2.41. The van der Waals surface area contributed by atoms with Gasteiger partial charge >= 0.3 is 0 Å². The molecule has 0 saturated heterocycles. The van der Waals surface area contributed by atoms with Crippen LogP contribution in [0.3, 0.4) is 0 Å². The Bertz CT molecular complexity index is 2750. The molecule has 0 aliphatic heterocycles. The maximum Gasteiger partial charge on any atom is 0.154 e. The van der Waals surface area contributed by atoms with Gasteiger partial charge in [0.15, 0.2) is 8.80 Å². The van der Waals surface area contributed by atoms with Crippen molar-refractivity contribution in [3.63, 3.8) is 0 Å². The standard InChI is InChI=1S/C44H29N2Si/c1-3-15-32(16-4-1)47(33-17-5-2-6-18-33)34-19-13-14-31(29-34)45-40-25-12-10-23-38(40)43-41(45)27-26-30-28-42-37-22-8-7-20-35(37)36-21-9-11-24-39(36)46(42)44(30)43/h1-29H. The van der Waals surface area contributed by atoms with Gasteiger partial charge in [-0.25, -0.2) is 0 Å². The van der Waals surface area contributed by atoms with Gasteiger partial charge in [0.05, 0.1) is 27.6 Å². The van der Waals surface area contributed by atoms with E-state index >= 15 is 0 Å². The van der Waals surface area contributed by atoms with E-state index in [-0.39, 0.29) is 0 Å². The molecule has 10 rings (SSSR count). The molecule has 0 fully saturated rings. The molecular weight excluding hydrogens is 585 g/mol. The molecule has 1 radical (unpaired) electrons. The Kier molecular flexibility index (Phi) is 5.78. The van der Waals surface area contributed by atoms with Crippen LogP contribution < -0.4 is 15.6 Å². The van der Waals surface area contributed by atoms with Gasteiger partial charge in [-0.2, -0.15) is 0 Å². The van der Waals surface area contributed by atoms with Gasteiger partial charge in [-0.15, -0.1) is 0 Å². The zero-order valence-electron chi connectivity index (χ0n) is 25.6. The van der Waals surface area contributed by atoms with E-state index in [0.29, 0.717) is 0 Å². The maximum atomic E-state index is 2.51. The minimum Gasteiger partial charge on any atom is -0.309 e. The second-order valence-electron chi connectivity index (χ2n) is 12.3. The summed E-state index contributed by atoms with van der Waals surface area (Å²) in [5.74, 6) is 0. The summed E-state index contributed by atoms with van der Waals surface area (Å²) in [6, 6.07) is 64.9. The number of benzene rings is 7. The van der Waals surface area contributed by atoms with Crippen LogP contribution in [0.2, 0.25) is 0 Å². The fraction of sp³-hybridized carbons (Fsp3) is 0. The highest BCUT2D eigenvalue weighted by atomic mass is 28.3. The molecule has 3 heteroatoms. The molecular formula is C44H29N2Si. The van der Waals surface area contributed by atoms with Gasteiger partial charge in [0.1, 0.15) is 0 Å². The minimum atomic E-state index is -1.21. The summed E-state index contributed by atoms with van der Waals surface area (Å²) in [6.45, 7) is 0. The lowest BCUT2D eigenvalue weighted by Crippen LogP contribution is -2.51. The van der Waals surface area contributed by atoms with E-state index in [1.54, 1.807) is 0 Å². The molecule has 3 heterocycles. The summed E-state index contributed by atoms with van der Waals surface area (Å²) in [7, 11) is -1.21. The van der Waals surface area contributed by atoms with Crippen LogP contribution in [0.5, 0.6) is 0 Å². The molecule has 2 nitrogen and oxygen atoms in total. The molecule has 219 valence electrons. The molecule has 0 unspecified atom stereocenters. The van der Waals surface area contributed by atoms with Gasteiger partial charge in [-0.1, -0.05) is 150 Å². The first-order valence-electron chi connectivity index (χ1n) is 16.2. The average Bonchev–Trinajstić information content (AvgIpc) is 3.70. The van der Waals surface area contributed by atoms with Crippen LogP contribution in [0.1, 0.15) is 0 Å². The van der Waals surface area contributed by atoms with E-state index in [9.17, 15) is 0 Å². The quantitative estimate of drug-likeness (QED) is 0.106. The highest BCUT2D eigenvalue weighted by molar-refractivity contribution is 6.95. The van der Waals surface area contributed by atoms with E-state index < -0.39 is 8.80 Å². The van der Waals surface area contributed by atoms with Crippen LogP contribution in [0.15, 0.2) is 176 Å². The van der Waals surface area contributed by atoms with Crippen molar-refractivity contribution in [3.05, 3.63) is 176 Å². The van der Waals surface area contributed by atoms with Crippen molar-refractivity contribution in [2.24, 2.45) is 0 Å². The molecule has 7 aromatic carbocycles. The molecule has 0 saturated carbocycles. The topological polar surface area (TPSA) is 9.34 Å². The van der Waals surface area contributed by atoms with Crippen LogP contribution in [0.25, 0.3) is 65.6 Å². The van der Waals surface area contributed by atoms with E-state index in [4.69, 9.17) is 0 Å². The van der Waals surface area contributed by atoms with Crippen LogP contribution in [-0.2, 0) is 0 Å². The van der Waals surface area contributed by atoms with Crippen LogP contribution in [0, 0.1) is 0 Å².